The fourth-order valence-corrected chi connectivity index (χ4v) is 4.74. The highest BCUT2D eigenvalue weighted by Crippen LogP contribution is 2.39. The predicted octanol–water partition coefficient (Wildman–Crippen LogP) is 2.64. The standard InChI is InChI=1S/C18H18N6S/c19-13-9-11-1-3-15(13)24(11)16-10-21-18-14(22-16)2-4-17(23-18)25-12-5-7-20-8-6-12/h2,4-8,10-11,13,15H,1,3,9,19H2. The molecule has 5 heterocycles. The van der Waals surface area contributed by atoms with Gasteiger partial charge in [0.05, 0.1) is 6.20 Å². The third kappa shape index (κ3) is 2.63. The summed E-state index contributed by atoms with van der Waals surface area (Å²) < 4.78 is 0. The molecule has 0 amide bonds. The number of nitrogens with two attached hydrogens (primary N) is 1. The Morgan fingerprint density at radius 1 is 1.08 bits per heavy atom. The molecule has 3 aromatic rings. The van der Waals surface area contributed by atoms with E-state index in [9.17, 15) is 0 Å². The molecule has 3 unspecified atom stereocenters. The van der Waals surface area contributed by atoms with Crippen LogP contribution in [0.1, 0.15) is 19.3 Å². The molecule has 0 spiro atoms. The summed E-state index contributed by atoms with van der Waals surface area (Å²) in [6.07, 6.45) is 8.84. The van der Waals surface area contributed by atoms with Gasteiger partial charge < -0.3 is 10.6 Å². The Hall–Kier alpha value is -2.25. The number of pyridine rings is 2. The van der Waals surface area contributed by atoms with Crippen LogP contribution in [0.25, 0.3) is 11.2 Å². The number of fused-ring (bicyclic) bond motifs is 3. The maximum atomic E-state index is 6.24. The van der Waals surface area contributed by atoms with E-state index in [1.165, 1.54) is 6.42 Å². The summed E-state index contributed by atoms with van der Waals surface area (Å²) in [6, 6.07) is 9.12. The molecule has 2 saturated heterocycles. The fraction of sp³-hybridized carbons (Fsp3) is 0.333. The van der Waals surface area contributed by atoms with Gasteiger partial charge in [-0.1, -0.05) is 11.8 Å². The van der Waals surface area contributed by atoms with Gasteiger partial charge in [-0.3, -0.25) is 4.98 Å². The highest BCUT2D eigenvalue weighted by atomic mass is 32.2. The Kier molecular flexibility index (Phi) is 3.57. The lowest BCUT2D eigenvalue weighted by Gasteiger charge is -2.23. The second-order valence-electron chi connectivity index (χ2n) is 6.61. The van der Waals surface area contributed by atoms with Crippen molar-refractivity contribution in [3.8, 4) is 0 Å². The Morgan fingerprint density at radius 3 is 2.72 bits per heavy atom. The van der Waals surface area contributed by atoms with Crippen molar-refractivity contribution >= 4 is 28.7 Å². The zero-order chi connectivity index (χ0) is 16.8. The Bertz CT molecular complexity index is 918. The SMILES string of the molecule is NC1CC2CCC1N2c1cnc2nc(Sc3ccncc3)ccc2n1. The molecular formula is C18H18N6S. The molecule has 2 N–H and O–H groups in total. The van der Waals surface area contributed by atoms with Gasteiger partial charge in [0, 0.05) is 35.4 Å². The van der Waals surface area contributed by atoms with Crippen molar-refractivity contribution in [1.82, 2.24) is 19.9 Å². The van der Waals surface area contributed by atoms with Gasteiger partial charge in [-0.05, 0) is 43.5 Å². The van der Waals surface area contributed by atoms with Crippen molar-refractivity contribution in [2.45, 2.75) is 47.3 Å². The molecule has 3 aromatic heterocycles. The van der Waals surface area contributed by atoms with Crippen molar-refractivity contribution in [1.29, 1.82) is 0 Å². The quantitative estimate of drug-likeness (QED) is 0.777. The maximum Gasteiger partial charge on any atom is 0.179 e. The lowest BCUT2D eigenvalue weighted by atomic mass is 9.97. The second kappa shape index (κ2) is 5.93. The summed E-state index contributed by atoms with van der Waals surface area (Å²) in [5, 5.41) is 0.906. The first-order valence-electron chi connectivity index (χ1n) is 8.53. The van der Waals surface area contributed by atoms with Crippen molar-refractivity contribution in [3.63, 3.8) is 0 Å². The largest absolute Gasteiger partial charge is 0.348 e. The molecule has 7 heteroatoms. The van der Waals surface area contributed by atoms with E-state index in [1.807, 2.05) is 30.5 Å². The number of rotatable bonds is 3. The molecule has 0 radical (unpaired) electrons. The van der Waals surface area contributed by atoms with Crippen molar-refractivity contribution in [2.24, 2.45) is 5.73 Å². The molecule has 0 aromatic carbocycles. The second-order valence-corrected chi connectivity index (χ2v) is 7.70. The Labute approximate surface area is 149 Å². The first-order valence-corrected chi connectivity index (χ1v) is 9.35. The molecule has 5 rings (SSSR count). The van der Waals surface area contributed by atoms with Crippen LogP contribution < -0.4 is 10.6 Å². The van der Waals surface area contributed by atoms with Crippen molar-refractivity contribution in [2.75, 3.05) is 4.90 Å². The van der Waals surface area contributed by atoms with Gasteiger partial charge in [0.2, 0.25) is 0 Å². The number of hydrogen-bond acceptors (Lipinski definition) is 7. The van der Waals surface area contributed by atoms with Crippen LogP contribution in [-0.2, 0) is 0 Å². The Balaban J connectivity index is 1.45. The minimum atomic E-state index is 0.258. The number of anilines is 1. The van der Waals surface area contributed by atoms with Gasteiger partial charge in [0.1, 0.15) is 16.4 Å². The van der Waals surface area contributed by atoms with Gasteiger partial charge in [0.25, 0.3) is 0 Å². The van der Waals surface area contributed by atoms with Crippen LogP contribution in [0.15, 0.2) is 52.8 Å². The zero-order valence-electron chi connectivity index (χ0n) is 13.6. The molecule has 3 atom stereocenters. The highest BCUT2D eigenvalue weighted by molar-refractivity contribution is 7.99. The molecule has 6 nitrogen and oxygen atoms in total. The zero-order valence-corrected chi connectivity index (χ0v) is 14.4. The normalized spacial score (nSPS) is 25.0. The molecule has 2 aliphatic rings. The van der Waals surface area contributed by atoms with E-state index < -0.39 is 0 Å². The van der Waals surface area contributed by atoms with Gasteiger partial charge >= 0.3 is 0 Å². The smallest absolute Gasteiger partial charge is 0.179 e. The molecule has 2 bridgehead atoms. The van der Waals surface area contributed by atoms with Crippen LogP contribution in [-0.4, -0.2) is 38.1 Å². The van der Waals surface area contributed by atoms with E-state index >= 15 is 0 Å². The predicted molar refractivity (Wildman–Crippen MR) is 97.6 cm³/mol. The van der Waals surface area contributed by atoms with Gasteiger partial charge in [-0.25, -0.2) is 15.0 Å². The van der Waals surface area contributed by atoms with Gasteiger partial charge in [-0.15, -0.1) is 0 Å². The molecule has 2 aliphatic heterocycles. The van der Waals surface area contributed by atoms with E-state index in [2.05, 4.69) is 19.9 Å². The van der Waals surface area contributed by atoms with Crippen LogP contribution >= 0.6 is 11.8 Å². The number of aromatic nitrogens is 4. The van der Waals surface area contributed by atoms with Crippen molar-refractivity contribution < 1.29 is 0 Å². The summed E-state index contributed by atoms with van der Waals surface area (Å²) in [5.74, 6) is 0.935. The average molecular weight is 350 g/mol. The number of hydrogen-bond donors (Lipinski definition) is 1. The molecule has 0 saturated carbocycles. The maximum absolute atomic E-state index is 6.24. The van der Waals surface area contributed by atoms with Crippen LogP contribution in [0.4, 0.5) is 5.82 Å². The molecule has 0 aliphatic carbocycles. The number of nitrogens with zero attached hydrogens (tertiary/aromatic N) is 5. The van der Waals surface area contributed by atoms with Crippen LogP contribution in [0, 0.1) is 0 Å². The lowest BCUT2D eigenvalue weighted by molar-refractivity contribution is 0.503. The van der Waals surface area contributed by atoms with E-state index in [-0.39, 0.29) is 6.04 Å². The third-order valence-electron chi connectivity index (χ3n) is 5.09. The van der Waals surface area contributed by atoms with Crippen molar-refractivity contribution in [3.05, 3.63) is 42.9 Å². The van der Waals surface area contributed by atoms with E-state index in [0.717, 1.165) is 34.1 Å². The van der Waals surface area contributed by atoms with E-state index in [4.69, 9.17) is 10.7 Å². The van der Waals surface area contributed by atoms with E-state index in [0.29, 0.717) is 17.7 Å². The Morgan fingerprint density at radius 2 is 1.96 bits per heavy atom. The van der Waals surface area contributed by atoms with Crippen LogP contribution in [0.2, 0.25) is 0 Å². The summed E-state index contributed by atoms with van der Waals surface area (Å²) in [6.45, 7) is 0. The minimum Gasteiger partial charge on any atom is -0.348 e. The highest BCUT2D eigenvalue weighted by Gasteiger charge is 2.45. The topological polar surface area (TPSA) is 80.8 Å². The van der Waals surface area contributed by atoms with E-state index in [1.54, 1.807) is 24.2 Å². The van der Waals surface area contributed by atoms with Gasteiger partial charge in [0.15, 0.2) is 5.65 Å². The summed E-state index contributed by atoms with van der Waals surface area (Å²) in [7, 11) is 0. The lowest BCUT2D eigenvalue weighted by Crippen LogP contribution is -2.37. The first kappa shape index (κ1) is 15.0. The average Bonchev–Trinajstić information content (AvgIpc) is 3.19. The molecule has 126 valence electrons. The molecular weight excluding hydrogens is 332 g/mol. The van der Waals surface area contributed by atoms with Crippen LogP contribution in [0.5, 0.6) is 0 Å². The minimum absolute atomic E-state index is 0.258. The molecule has 25 heavy (non-hydrogen) atoms. The van der Waals surface area contributed by atoms with Gasteiger partial charge in [-0.2, -0.15) is 0 Å². The first-order chi connectivity index (χ1) is 12.3. The summed E-state index contributed by atoms with van der Waals surface area (Å²) >= 11 is 1.60. The third-order valence-corrected chi connectivity index (χ3v) is 6.03. The van der Waals surface area contributed by atoms with Crippen LogP contribution in [0.3, 0.4) is 0 Å². The summed E-state index contributed by atoms with van der Waals surface area (Å²) in [5.41, 5.74) is 7.75. The fourth-order valence-electron chi connectivity index (χ4n) is 3.98. The summed E-state index contributed by atoms with van der Waals surface area (Å²) in [4.78, 5) is 21.5. The monoisotopic (exact) mass is 350 g/mol. The molecule has 2 fully saturated rings.